The Morgan fingerprint density at radius 2 is 1.87 bits per heavy atom. The van der Waals surface area contributed by atoms with Crippen LogP contribution in [0.5, 0.6) is 0 Å². The number of nitrogens with zero attached hydrogens (tertiary/aromatic N) is 1. The molecule has 0 aromatic heterocycles. The highest BCUT2D eigenvalue weighted by Crippen LogP contribution is 2.06. The summed E-state index contributed by atoms with van der Waals surface area (Å²) in [6.45, 7) is 5.88. The minimum Gasteiger partial charge on any atom is -0.480 e. The first-order valence-electron chi connectivity index (χ1n) is 5.56. The van der Waals surface area contributed by atoms with E-state index in [0.717, 1.165) is 19.3 Å². The molecule has 0 saturated heterocycles. The lowest BCUT2D eigenvalue weighted by molar-refractivity contribution is -0.149. The fourth-order valence-corrected chi connectivity index (χ4v) is 1.47. The summed E-state index contributed by atoms with van der Waals surface area (Å²) in [6, 6.07) is -0.718. The van der Waals surface area contributed by atoms with Gasteiger partial charge in [-0.3, -0.25) is 4.79 Å². The van der Waals surface area contributed by atoms with Crippen LogP contribution in [-0.4, -0.2) is 34.5 Å². The van der Waals surface area contributed by atoms with Gasteiger partial charge in [-0.1, -0.05) is 19.8 Å². The zero-order valence-corrected chi connectivity index (χ0v) is 9.82. The van der Waals surface area contributed by atoms with E-state index < -0.39 is 12.0 Å². The van der Waals surface area contributed by atoms with Crippen LogP contribution in [-0.2, 0) is 9.59 Å². The third-order valence-corrected chi connectivity index (χ3v) is 2.48. The first-order valence-corrected chi connectivity index (χ1v) is 5.56. The molecule has 0 unspecified atom stereocenters. The van der Waals surface area contributed by atoms with Crippen molar-refractivity contribution in [2.75, 3.05) is 6.54 Å². The van der Waals surface area contributed by atoms with Gasteiger partial charge >= 0.3 is 5.97 Å². The highest BCUT2D eigenvalue weighted by molar-refractivity contribution is 5.83. The van der Waals surface area contributed by atoms with Crippen molar-refractivity contribution in [2.24, 2.45) is 0 Å². The van der Waals surface area contributed by atoms with E-state index in [1.54, 1.807) is 13.8 Å². The quantitative estimate of drug-likeness (QED) is 0.660. The molecule has 1 atom stereocenters. The standard InChI is InChI=1S/C11H21NO3/c1-4-6-7-8-10(13)12(5-2)9(3)11(14)15/h9H,4-8H2,1-3H3,(H,14,15)/t9-/m0/s1. The Morgan fingerprint density at radius 1 is 1.27 bits per heavy atom. The van der Waals surface area contributed by atoms with E-state index in [-0.39, 0.29) is 5.91 Å². The summed E-state index contributed by atoms with van der Waals surface area (Å²) >= 11 is 0. The summed E-state index contributed by atoms with van der Waals surface area (Å²) < 4.78 is 0. The highest BCUT2D eigenvalue weighted by atomic mass is 16.4. The number of amides is 1. The third kappa shape index (κ3) is 4.81. The van der Waals surface area contributed by atoms with Crippen molar-refractivity contribution >= 4 is 11.9 Å². The van der Waals surface area contributed by atoms with Gasteiger partial charge in [0.25, 0.3) is 0 Å². The second kappa shape index (κ2) is 7.26. The van der Waals surface area contributed by atoms with E-state index in [9.17, 15) is 9.59 Å². The summed E-state index contributed by atoms with van der Waals surface area (Å²) in [4.78, 5) is 23.8. The smallest absolute Gasteiger partial charge is 0.326 e. The van der Waals surface area contributed by atoms with Crippen LogP contribution in [0, 0.1) is 0 Å². The third-order valence-electron chi connectivity index (χ3n) is 2.48. The Bertz CT molecular complexity index is 216. The topological polar surface area (TPSA) is 57.6 Å². The summed E-state index contributed by atoms with van der Waals surface area (Å²) in [7, 11) is 0. The predicted octanol–water partition coefficient (Wildman–Crippen LogP) is 1.89. The first kappa shape index (κ1) is 13.9. The van der Waals surface area contributed by atoms with E-state index in [2.05, 4.69) is 6.92 Å². The molecule has 0 fully saturated rings. The van der Waals surface area contributed by atoms with Gasteiger partial charge in [-0.15, -0.1) is 0 Å². The van der Waals surface area contributed by atoms with Crippen LogP contribution < -0.4 is 0 Å². The van der Waals surface area contributed by atoms with Gasteiger partial charge in [0.15, 0.2) is 0 Å². The molecule has 0 aliphatic carbocycles. The first-order chi connectivity index (χ1) is 7.04. The number of hydrogen-bond acceptors (Lipinski definition) is 2. The molecule has 0 aromatic rings. The van der Waals surface area contributed by atoms with Crippen LogP contribution in [0.4, 0.5) is 0 Å². The number of likely N-dealkylation sites (N-methyl/N-ethyl adjacent to an activating group) is 1. The molecule has 0 rings (SSSR count). The van der Waals surface area contributed by atoms with Gasteiger partial charge in [-0.05, 0) is 20.3 Å². The minimum absolute atomic E-state index is 0.0548. The Balaban J connectivity index is 4.15. The van der Waals surface area contributed by atoms with Crippen LogP contribution in [0.15, 0.2) is 0 Å². The second-order valence-electron chi connectivity index (χ2n) is 3.65. The molecule has 4 nitrogen and oxygen atoms in total. The minimum atomic E-state index is -0.944. The SMILES string of the molecule is CCCCCC(=O)N(CC)[C@@H](C)C(=O)O. The van der Waals surface area contributed by atoms with Gasteiger partial charge in [-0.2, -0.15) is 0 Å². The fourth-order valence-electron chi connectivity index (χ4n) is 1.47. The summed E-state index contributed by atoms with van der Waals surface area (Å²) in [5, 5.41) is 8.81. The van der Waals surface area contributed by atoms with Gasteiger partial charge < -0.3 is 10.0 Å². The van der Waals surface area contributed by atoms with E-state index >= 15 is 0 Å². The lowest BCUT2D eigenvalue weighted by atomic mass is 10.1. The summed E-state index contributed by atoms with van der Waals surface area (Å²) in [6.07, 6.45) is 3.39. The van der Waals surface area contributed by atoms with Crippen molar-refractivity contribution in [3.05, 3.63) is 0 Å². The van der Waals surface area contributed by atoms with Gasteiger partial charge in [0, 0.05) is 13.0 Å². The van der Waals surface area contributed by atoms with Crippen LogP contribution >= 0.6 is 0 Å². The van der Waals surface area contributed by atoms with Crippen LogP contribution in [0.1, 0.15) is 46.5 Å². The second-order valence-corrected chi connectivity index (χ2v) is 3.65. The molecule has 0 aromatic carbocycles. The van der Waals surface area contributed by atoms with Gasteiger partial charge in [-0.25, -0.2) is 4.79 Å². The number of carbonyl (C=O) groups excluding carboxylic acids is 1. The molecule has 0 radical (unpaired) electrons. The number of carboxylic acid groups (broad SMARTS) is 1. The molecule has 15 heavy (non-hydrogen) atoms. The number of carboxylic acids is 1. The van der Waals surface area contributed by atoms with Gasteiger partial charge in [0.1, 0.15) is 6.04 Å². The molecule has 0 spiro atoms. The summed E-state index contributed by atoms with van der Waals surface area (Å²) in [5.41, 5.74) is 0. The van der Waals surface area contributed by atoms with Crippen molar-refractivity contribution in [1.29, 1.82) is 0 Å². The van der Waals surface area contributed by atoms with Crippen molar-refractivity contribution in [3.63, 3.8) is 0 Å². The maximum Gasteiger partial charge on any atom is 0.326 e. The zero-order chi connectivity index (χ0) is 11.8. The summed E-state index contributed by atoms with van der Waals surface area (Å²) in [5.74, 6) is -0.999. The van der Waals surface area contributed by atoms with Crippen molar-refractivity contribution in [2.45, 2.75) is 52.5 Å². The highest BCUT2D eigenvalue weighted by Gasteiger charge is 2.23. The number of carbonyl (C=O) groups is 2. The molecule has 0 saturated carbocycles. The largest absolute Gasteiger partial charge is 0.480 e. The average Bonchev–Trinajstić information content (AvgIpc) is 2.19. The average molecular weight is 215 g/mol. The Kier molecular flexibility index (Phi) is 6.75. The van der Waals surface area contributed by atoms with Gasteiger partial charge in [0.05, 0.1) is 0 Å². The Hall–Kier alpha value is -1.06. The molecular formula is C11H21NO3. The van der Waals surface area contributed by atoms with Crippen LogP contribution in [0.3, 0.4) is 0 Å². The lowest BCUT2D eigenvalue weighted by Crippen LogP contribution is -2.42. The molecule has 88 valence electrons. The van der Waals surface area contributed by atoms with E-state index in [0.29, 0.717) is 13.0 Å². The Labute approximate surface area is 91.3 Å². The van der Waals surface area contributed by atoms with E-state index in [1.165, 1.54) is 4.90 Å². The lowest BCUT2D eigenvalue weighted by Gasteiger charge is -2.24. The molecule has 1 amide bonds. The number of aliphatic carboxylic acids is 1. The fraction of sp³-hybridized carbons (Fsp3) is 0.818. The molecule has 0 aliphatic heterocycles. The van der Waals surface area contributed by atoms with Crippen molar-refractivity contribution in [3.8, 4) is 0 Å². The van der Waals surface area contributed by atoms with Gasteiger partial charge in [0.2, 0.25) is 5.91 Å². The number of rotatable bonds is 7. The molecule has 1 N–H and O–H groups in total. The maximum absolute atomic E-state index is 11.7. The molecular weight excluding hydrogens is 194 g/mol. The molecule has 0 heterocycles. The molecule has 0 aliphatic rings. The normalized spacial score (nSPS) is 12.2. The van der Waals surface area contributed by atoms with E-state index in [1.807, 2.05) is 0 Å². The predicted molar refractivity (Wildman–Crippen MR) is 58.6 cm³/mol. The zero-order valence-electron chi connectivity index (χ0n) is 9.82. The molecule has 0 bridgehead atoms. The Morgan fingerprint density at radius 3 is 2.27 bits per heavy atom. The van der Waals surface area contributed by atoms with E-state index in [4.69, 9.17) is 5.11 Å². The number of hydrogen-bond donors (Lipinski definition) is 1. The van der Waals surface area contributed by atoms with Crippen molar-refractivity contribution in [1.82, 2.24) is 4.90 Å². The monoisotopic (exact) mass is 215 g/mol. The maximum atomic E-state index is 11.7. The van der Waals surface area contributed by atoms with Crippen molar-refractivity contribution < 1.29 is 14.7 Å². The molecule has 4 heteroatoms. The van der Waals surface area contributed by atoms with Crippen LogP contribution in [0.25, 0.3) is 0 Å². The van der Waals surface area contributed by atoms with Crippen LogP contribution in [0.2, 0.25) is 0 Å². The number of unbranched alkanes of at least 4 members (excludes halogenated alkanes) is 2.